The van der Waals surface area contributed by atoms with Crippen LogP contribution in [-0.2, 0) is 16.0 Å². The molecule has 2 aliphatic rings. The molecule has 2 aromatic carbocycles. The summed E-state index contributed by atoms with van der Waals surface area (Å²) in [7, 11) is 3.65. The van der Waals surface area contributed by atoms with Gasteiger partial charge in [0.15, 0.2) is 0 Å². The predicted octanol–water partition coefficient (Wildman–Crippen LogP) is 5.45. The van der Waals surface area contributed by atoms with Crippen LogP contribution in [-0.4, -0.2) is 54.5 Å². The van der Waals surface area contributed by atoms with Crippen LogP contribution >= 0.6 is 15.9 Å². The van der Waals surface area contributed by atoms with Gasteiger partial charge in [-0.2, -0.15) is 10.2 Å². The molecule has 7 heteroatoms. The molecule has 3 aromatic rings. The lowest BCUT2D eigenvalue weighted by molar-refractivity contribution is -0.154. The smallest absolute Gasteiger partial charge is 0.310 e. The van der Waals surface area contributed by atoms with Crippen molar-refractivity contribution in [3.05, 3.63) is 69.8 Å². The van der Waals surface area contributed by atoms with Gasteiger partial charge in [0, 0.05) is 28.0 Å². The second-order valence-corrected chi connectivity index (χ2v) is 10.6. The number of piperidine rings is 1. The SMILES string of the molecule is CC[C@H]1CN(C)[C@H]2Cc3c([nH]c4ccccc34)/C(=N/N=C\c3cccc(Br)c3)C[C@H]1[C@H]2C(=O)OC. The van der Waals surface area contributed by atoms with Gasteiger partial charge in [0.2, 0.25) is 0 Å². The number of hydrogen-bond donors (Lipinski definition) is 1. The lowest BCUT2D eigenvalue weighted by atomic mass is 9.67. The molecule has 0 unspecified atom stereocenters. The number of H-pyrrole nitrogens is 1. The van der Waals surface area contributed by atoms with E-state index in [-0.39, 0.29) is 23.8 Å². The Kier molecular flexibility index (Phi) is 6.89. The van der Waals surface area contributed by atoms with Crippen LogP contribution in [0.5, 0.6) is 0 Å². The molecule has 0 saturated carbocycles. The summed E-state index contributed by atoms with van der Waals surface area (Å²) in [4.78, 5) is 19.2. The van der Waals surface area contributed by atoms with E-state index in [1.807, 2.05) is 30.3 Å². The molecule has 1 aliphatic carbocycles. The van der Waals surface area contributed by atoms with Gasteiger partial charge in [-0.1, -0.05) is 59.6 Å². The van der Waals surface area contributed by atoms with Crippen molar-refractivity contribution in [2.24, 2.45) is 28.0 Å². The summed E-state index contributed by atoms with van der Waals surface area (Å²) in [6, 6.07) is 16.4. The van der Waals surface area contributed by atoms with Crippen molar-refractivity contribution in [1.29, 1.82) is 0 Å². The van der Waals surface area contributed by atoms with Gasteiger partial charge in [0.25, 0.3) is 0 Å². The second-order valence-electron chi connectivity index (χ2n) is 9.67. The highest BCUT2D eigenvalue weighted by Gasteiger charge is 2.48. The Morgan fingerprint density at radius 2 is 2.06 bits per heavy atom. The van der Waals surface area contributed by atoms with Crippen LogP contribution in [0.4, 0.5) is 0 Å². The molecule has 4 atom stereocenters. The number of ether oxygens (including phenoxy) is 1. The number of rotatable bonds is 4. The second kappa shape index (κ2) is 10.1. The molecule has 0 radical (unpaired) electrons. The van der Waals surface area contributed by atoms with E-state index in [9.17, 15) is 4.79 Å². The maximum Gasteiger partial charge on any atom is 0.310 e. The van der Waals surface area contributed by atoms with Crippen LogP contribution in [0.3, 0.4) is 0 Å². The number of nitrogens with one attached hydrogen (secondary N) is 1. The molecule has 35 heavy (non-hydrogen) atoms. The van der Waals surface area contributed by atoms with Gasteiger partial charge < -0.3 is 14.6 Å². The third kappa shape index (κ3) is 4.59. The number of carbonyl (C=O) groups is 1. The monoisotopic (exact) mass is 534 g/mol. The molecule has 0 spiro atoms. The molecule has 1 fully saturated rings. The number of carbonyl (C=O) groups excluding carboxylic acids is 1. The summed E-state index contributed by atoms with van der Waals surface area (Å²) >= 11 is 3.52. The lowest BCUT2D eigenvalue weighted by Crippen LogP contribution is -2.56. The van der Waals surface area contributed by atoms with Gasteiger partial charge in [-0.25, -0.2) is 0 Å². The highest BCUT2D eigenvalue weighted by molar-refractivity contribution is 9.10. The van der Waals surface area contributed by atoms with Crippen molar-refractivity contribution in [1.82, 2.24) is 9.88 Å². The minimum absolute atomic E-state index is 0.0833. The van der Waals surface area contributed by atoms with E-state index in [4.69, 9.17) is 9.84 Å². The van der Waals surface area contributed by atoms with Gasteiger partial charge in [0.1, 0.15) is 0 Å². The Balaban J connectivity index is 1.65. The van der Waals surface area contributed by atoms with Gasteiger partial charge in [-0.15, -0.1) is 0 Å². The van der Waals surface area contributed by atoms with Gasteiger partial charge in [-0.3, -0.25) is 4.79 Å². The van der Waals surface area contributed by atoms with E-state index in [0.717, 1.165) is 46.3 Å². The summed E-state index contributed by atoms with van der Waals surface area (Å²) in [6.45, 7) is 3.17. The maximum absolute atomic E-state index is 13.2. The maximum atomic E-state index is 13.2. The zero-order chi connectivity index (χ0) is 24.5. The van der Waals surface area contributed by atoms with Crippen LogP contribution in [0.15, 0.2) is 63.2 Å². The Bertz CT molecular complexity index is 1300. The molecule has 182 valence electrons. The van der Waals surface area contributed by atoms with E-state index in [1.165, 1.54) is 18.1 Å². The van der Waals surface area contributed by atoms with Crippen LogP contribution < -0.4 is 0 Å². The average Bonchev–Trinajstić information content (AvgIpc) is 3.21. The fraction of sp³-hybridized carbons (Fsp3) is 0.393. The van der Waals surface area contributed by atoms with Gasteiger partial charge in [0.05, 0.1) is 30.6 Å². The molecule has 1 aromatic heterocycles. The third-order valence-electron chi connectivity index (χ3n) is 7.75. The number of nitrogens with zero attached hydrogens (tertiary/aromatic N) is 3. The van der Waals surface area contributed by atoms with E-state index in [0.29, 0.717) is 12.3 Å². The predicted molar refractivity (Wildman–Crippen MR) is 144 cm³/mol. The lowest BCUT2D eigenvalue weighted by Gasteiger charge is -2.48. The summed E-state index contributed by atoms with van der Waals surface area (Å²) in [5.74, 6) is 0.202. The highest BCUT2D eigenvalue weighted by atomic mass is 79.9. The summed E-state index contributed by atoms with van der Waals surface area (Å²) in [5.41, 5.74) is 5.21. The standard InChI is InChI=1S/C28H31BrN4O2/c1-4-18-16-33(2)25-14-22-20-10-5-6-11-23(20)31-27(22)24(13-21(18)26(25)28(34)35-3)32-30-15-17-8-7-9-19(29)12-17/h5-12,15,18,21,25-26,31H,4,13-14,16H2,1-3H3/b30-15-,32-24+/t18-,21+,25-,26+/m0/s1. The van der Waals surface area contributed by atoms with Crippen molar-refractivity contribution < 1.29 is 9.53 Å². The number of methoxy groups -OCH3 is 1. The molecule has 0 amide bonds. The Morgan fingerprint density at radius 3 is 2.83 bits per heavy atom. The number of hydrogen-bond acceptors (Lipinski definition) is 5. The Morgan fingerprint density at radius 1 is 1.23 bits per heavy atom. The average molecular weight is 535 g/mol. The first-order chi connectivity index (χ1) is 17.0. The highest BCUT2D eigenvalue weighted by Crippen LogP contribution is 2.42. The number of likely N-dealkylation sites (tertiary alicyclic amines) is 1. The first kappa shape index (κ1) is 23.9. The topological polar surface area (TPSA) is 70.0 Å². The quantitative estimate of drug-likeness (QED) is 0.275. The van der Waals surface area contributed by atoms with E-state index < -0.39 is 0 Å². The summed E-state index contributed by atoms with van der Waals surface area (Å²) in [5, 5.41) is 10.5. The van der Waals surface area contributed by atoms with Crippen molar-refractivity contribution >= 4 is 44.7 Å². The largest absolute Gasteiger partial charge is 0.469 e. The van der Waals surface area contributed by atoms with E-state index in [1.54, 1.807) is 6.21 Å². The number of benzene rings is 2. The number of para-hydroxylation sites is 1. The number of halogens is 1. The number of aromatic amines is 1. The molecule has 1 N–H and O–H groups in total. The number of esters is 1. The van der Waals surface area contributed by atoms with Crippen LogP contribution in [0.1, 0.15) is 36.6 Å². The minimum Gasteiger partial charge on any atom is -0.469 e. The van der Waals surface area contributed by atoms with E-state index >= 15 is 0 Å². The van der Waals surface area contributed by atoms with Crippen LogP contribution in [0, 0.1) is 17.8 Å². The zero-order valence-electron chi connectivity index (χ0n) is 20.4. The first-order valence-electron chi connectivity index (χ1n) is 12.2. The third-order valence-corrected chi connectivity index (χ3v) is 8.24. The fourth-order valence-corrected chi connectivity index (χ4v) is 6.42. The van der Waals surface area contributed by atoms with Crippen LogP contribution in [0.2, 0.25) is 0 Å². The Hall–Kier alpha value is -2.77. The normalized spacial score (nSPS) is 26.0. The van der Waals surface area contributed by atoms with Gasteiger partial charge in [-0.05, 0) is 61.1 Å². The molecular formula is C28H31BrN4O2. The van der Waals surface area contributed by atoms with Crippen molar-refractivity contribution in [3.8, 4) is 0 Å². The summed E-state index contributed by atoms with van der Waals surface area (Å²) in [6.07, 6.45) is 4.23. The van der Waals surface area contributed by atoms with Crippen molar-refractivity contribution in [2.75, 3.05) is 20.7 Å². The number of likely N-dealkylation sites (N-methyl/N-ethyl adjacent to an activating group) is 1. The van der Waals surface area contributed by atoms with Gasteiger partial charge >= 0.3 is 5.97 Å². The van der Waals surface area contributed by atoms with E-state index in [2.05, 4.69) is 63.1 Å². The first-order valence-corrected chi connectivity index (χ1v) is 13.0. The van der Waals surface area contributed by atoms with Crippen molar-refractivity contribution in [3.63, 3.8) is 0 Å². The molecule has 2 bridgehead atoms. The number of fused-ring (bicyclic) bond motifs is 5. The summed E-state index contributed by atoms with van der Waals surface area (Å²) < 4.78 is 6.36. The fourth-order valence-electron chi connectivity index (χ4n) is 6.01. The molecule has 5 rings (SSSR count). The van der Waals surface area contributed by atoms with Crippen LogP contribution in [0.25, 0.3) is 10.9 Å². The Labute approximate surface area is 214 Å². The molecule has 2 heterocycles. The molecular weight excluding hydrogens is 504 g/mol. The molecule has 1 saturated heterocycles. The molecule has 6 nitrogen and oxygen atoms in total. The minimum atomic E-state index is -0.204. The number of aromatic nitrogens is 1. The van der Waals surface area contributed by atoms with Crippen molar-refractivity contribution in [2.45, 2.75) is 32.2 Å². The zero-order valence-corrected chi connectivity index (χ0v) is 22.0. The molecule has 1 aliphatic heterocycles.